The smallest absolute Gasteiger partial charge is 0.149 e. The second-order valence-corrected chi connectivity index (χ2v) is 4.86. The summed E-state index contributed by atoms with van der Waals surface area (Å²) in [7, 11) is 1.72. The summed E-state index contributed by atoms with van der Waals surface area (Å²) in [5.41, 5.74) is 6.83. The highest BCUT2D eigenvalue weighted by Gasteiger charge is 2.17. The van der Waals surface area contributed by atoms with Gasteiger partial charge in [-0.05, 0) is 18.2 Å². The Labute approximate surface area is 118 Å². The van der Waals surface area contributed by atoms with Crippen molar-refractivity contribution in [1.82, 2.24) is 9.55 Å². The molecule has 0 fully saturated rings. The molecule has 0 aliphatic heterocycles. The number of aromatic nitrogens is 2. The summed E-state index contributed by atoms with van der Waals surface area (Å²) in [4.78, 5) is 4.34. The molecule has 3 nitrogen and oxygen atoms in total. The van der Waals surface area contributed by atoms with E-state index in [1.165, 1.54) is 6.07 Å². The minimum Gasteiger partial charge on any atom is -0.396 e. The van der Waals surface area contributed by atoms with Gasteiger partial charge in [-0.15, -0.1) is 0 Å². The standard InChI is InChI=1S/C14H10ClF2N3/c1-20-13-8(15)3-2-4-12(13)19-14(20)7-5-11(18)10(17)6-9(7)16/h2-6H,18H2,1H3. The van der Waals surface area contributed by atoms with E-state index in [0.29, 0.717) is 21.9 Å². The van der Waals surface area contributed by atoms with Gasteiger partial charge in [0.1, 0.15) is 17.5 Å². The highest BCUT2D eigenvalue weighted by molar-refractivity contribution is 6.35. The van der Waals surface area contributed by atoms with Crippen molar-refractivity contribution in [3.05, 3.63) is 47.0 Å². The maximum Gasteiger partial charge on any atom is 0.149 e. The number of fused-ring (bicyclic) bond motifs is 1. The number of rotatable bonds is 1. The lowest BCUT2D eigenvalue weighted by molar-refractivity contribution is 0.587. The molecule has 1 heterocycles. The molecule has 0 saturated carbocycles. The van der Waals surface area contributed by atoms with Gasteiger partial charge in [-0.3, -0.25) is 0 Å². The second kappa shape index (κ2) is 4.45. The fourth-order valence-corrected chi connectivity index (χ4v) is 2.50. The highest BCUT2D eigenvalue weighted by atomic mass is 35.5. The minimum atomic E-state index is -0.789. The lowest BCUT2D eigenvalue weighted by atomic mass is 10.1. The molecule has 0 aliphatic rings. The Balaban J connectivity index is 2.33. The minimum absolute atomic E-state index is 0.125. The number of imidazole rings is 1. The van der Waals surface area contributed by atoms with Gasteiger partial charge in [0.2, 0.25) is 0 Å². The first-order valence-corrected chi connectivity index (χ1v) is 6.22. The number of nitrogens with two attached hydrogens (primary N) is 1. The van der Waals surface area contributed by atoms with Crippen molar-refractivity contribution in [3.63, 3.8) is 0 Å². The normalized spacial score (nSPS) is 11.2. The number of hydrogen-bond donors (Lipinski definition) is 1. The molecule has 0 radical (unpaired) electrons. The quantitative estimate of drug-likeness (QED) is 0.694. The average Bonchev–Trinajstić information content (AvgIpc) is 2.73. The maximum absolute atomic E-state index is 13.9. The van der Waals surface area contributed by atoms with Crippen LogP contribution in [0.5, 0.6) is 0 Å². The molecule has 6 heteroatoms. The first-order valence-electron chi connectivity index (χ1n) is 5.85. The van der Waals surface area contributed by atoms with E-state index in [-0.39, 0.29) is 11.3 Å². The van der Waals surface area contributed by atoms with Gasteiger partial charge in [0.15, 0.2) is 0 Å². The van der Waals surface area contributed by atoms with Gasteiger partial charge in [-0.1, -0.05) is 17.7 Å². The van der Waals surface area contributed by atoms with E-state index in [4.69, 9.17) is 17.3 Å². The van der Waals surface area contributed by atoms with Crippen LogP contribution in [0.4, 0.5) is 14.5 Å². The van der Waals surface area contributed by atoms with Crippen molar-refractivity contribution in [1.29, 1.82) is 0 Å². The van der Waals surface area contributed by atoms with Crippen LogP contribution < -0.4 is 5.73 Å². The zero-order chi connectivity index (χ0) is 14.4. The Kier molecular flexibility index (Phi) is 2.87. The average molecular weight is 294 g/mol. The lowest BCUT2D eigenvalue weighted by Crippen LogP contribution is -1.99. The number of aryl methyl sites for hydroxylation is 1. The van der Waals surface area contributed by atoms with E-state index in [2.05, 4.69) is 4.98 Å². The van der Waals surface area contributed by atoms with Crippen molar-refractivity contribution in [2.45, 2.75) is 0 Å². The van der Waals surface area contributed by atoms with Crippen LogP contribution >= 0.6 is 11.6 Å². The molecular formula is C14H10ClF2N3. The van der Waals surface area contributed by atoms with Crippen molar-refractivity contribution in [3.8, 4) is 11.4 Å². The third kappa shape index (κ3) is 1.82. The molecule has 0 atom stereocenters. The van der Waals surface area contributed by atoms with Gasteiger partial charge in [0.25, 0.3) is 0 Å². The lowest BCUT2D eigenvalue weighted by Gasteiger charge is -2.06. The maximum atomic E-state index is 13.9. The highest BCUT2D eigenvalue weighted by Crippen LogP contribution is 2.31. The van der Waals surface area contributed by atoms with E-state index >= 15 is 0 Å². The van der Waals surface area contributed by atoms with Crippen LogP contribution in [-0.4, -0.2) is 9.55 Å². The van der Waals surface area contributed by atoms with Crippen molar-refractivity contribution >= 4 is 28.3 Å². The summed E-state index contributed by atoms with van der Waals surface area (Å²) in [6, 6.07) is 7.25. The van der Waals surface area contributed by atoms with Crippen LogP contribution in [-0.2, 0) is 7.05 Å². The molecule has 0 saturated heterocycles. The van der Waals surface area contributed by atoms with E-state index < -0.39 is 11.6 Å². The largest absolute Gasteiger partial charge is 0.396 e. The van der Waals surface area contributed by atoms with E-state index in [0.717, 1.165) is 6.07 Å². The first-order chi connectivity index (χ1) is 9.49. The summed E-state index contributed by atoms with van der Waals surface area (Å²) in [6.45, 7) is 0. The molecular weight excluding hydrogens is 284 g/mol. The molecule has 20 heavy (non-hydrogen) atoms. The van der Waals surface area contributed by atoms with Gasteiger partial charge >= 0.3 is 0 Å². The predicted molar refractivity (Wildman–Crippen MR) is 75.5 cm³/mol. The van der Waals surface area contributed by atoms with E-state index in [1.807, 2.05) is 0 Å². The third-order valence-corrected chi connectivity index (χ3v) is 3.48. The number of para-hydroxylation sites is 1. The number of hydrogen-bond acceptors (Lipinski definition) is 2. The Morgan fingerprint density at radius 1 is 1.20 bits per heavy atom. The van der Waals surface area contributed by atoms with Crippen LogP contribution in [0.15, 0.2) is 30.3 Å². The Hall–Kier alpha value is -2.14. The number of benzene rings is 2. The van der Waals surface area contributed by atoms with Gasteiger partial charge in [-0.25, -0.2) is 13.8 Å². The molecule has 3 aromatic rings. The predicted octanol–water partition coefficient (Wildman–Crippen LogP) is 3.75. The van der Waals surface area contributed by atoms with Crippen LogP contribution in [0.2, 0.25) is 5.02 Å². The molecule has 2 N–H and O–H groups in total. The Morgan fingerprint density at radius 2 is 1.95 bits per heavy atom. The summed E-state index contributed by atoms with van der Waals surface area (Å²) in [6.07, 6.45) is 0. The van der Waals surface area contributed by atoms with Gasteiger partial charge < -0.3 is 10.3 Å². The van der Waals surface area contributed by atoms with Crippen LogP contribution in [0.3, 0.4) is 0 Å². The SMILES string of the molecule is Cn1c(-c2cc(N)c(F)cc2F)nc2cccc(Cl)c21. The van der Waals surface area contributed by atoms with Crippen LogP contribution in [0.1, 0.15) is 0 Å². The number of nitrogen functional groups attached to an aromatic ring is 1. The van der Waals surface area contributed by atoms with Gasteiger partial charge in [0, 0.05) is 13.1 Å². The summed E-state index contributed by atoms with van der Waals surface area (Å²) in [5.74, 6) is -1.16. The first kappa shape index (κ1) is 12.9. The molecule has 0 aliphatic carbocycles. The molecule has 1 aromatic heterocycles. The summed E-state index contributed by atoms with van der Waals surface area (Å²) < 4.78 is 28.8. The van der Waals surface area contributed by atoms with Crippen molar-refractivity contribution in [2.24, 2.45) is 7.05 Å². The molecule has 3 rings (SSSR count). The van der Waals surface area contributed by atoms with E-state index in [1.54, 1.807) is 29.8 Å². The molecule has 0 amide bonds. The van der Waals surface area contributed by atoms with Crippen LogP contribution in [0.25, 0.3) is 22.4 Å². The summed E-state index contributed by atoms with van der Waals surface area (Å²) in [5, 5.41) is 0.513. The topological polar surface area (TPSA) is 43.8 Å². The fourth-order valence-electron chi connectivity index (χ4n) is 2.20. The number of halogens is 3. The summed E-state index contributed by atoms with van der Waals surface area (Å²) >= 11 is 6.12. The second-order valence-electron chi connectivity index (χ2n) is 4.46. The zero-order valence-electron chi connectivity index (χ0n) is 10.5. The monoisotopic (exact) mass is 293 g/mol. The Bertz CT molecular complexity index is 827. The molecule has 0 bridgehead atoms. The molecule has 102 valence electrons. The molecule has 0 spiro atoms. The Morgan fingerprint density at radius 3 is 2.65 bits per heavy atom. The van der Waals surface area contributed by atoms with Gasteiger partial charge in [-0.2, -0.15) is 0 Å². The van der Waals surface area contributed by atoms with Crippen molar-refractivity contribution < 1.29 is 8.78 Å². The molecule has 0 unspecified atom stereocenters. The van der Waals surface area contributed by atoms with Crippen LogP contribution in [0, 0.1) is 11.6 Å². The fraction of sp³-hybridized carbons (Fsp3) is 0.0714. The number of nitrogens with zero attached hydrogens (tertiary/aromatic N) is 2. The molecule has 2 aromatic carbocycles. The van der Waals surface area contributed by atoms with E-state index in [9.17, 15) is 8.78 Å². The zero-order valence-corrected chi connectivity index (χ0v) is 11.2. The number of anilines is 1. The van der Waals surface area contributed by atoms with Gasteiger partial charge in [0.05, 0.1) is 27.3 Å². The van der Waals surface area contributed by atoms with Crippen molar-refractivity contribution in [2.75, 3.05) is 5.73 Å². The third-order valence-electron chi connectivity index (χ3n) is 3.17.